The molecule has 1 atom stereocenters. The van der Waals surface area contributed by atoms with Crippen molar-refractivity contribution >= 4 is 21.4 Å². The number of carboxylic acid groups (broad SMARTS) is 1. The first-order valence-electron chi connectivity index (χ1n) is 3.39. The van der Waals surface area contributed by atoms with E-state index in [9.17, 15) is 9.59 Å². The van der Waals surface area contributed by atoms with Crippen LogP contribution < -0.4 is 51.4 Å². The first kappa shape index (κ1) is 14.2. The van der Waals surface area contributed by atoms with Gasteiger partial charge in [0.05, 0.1) is 20.6 Å². The Morgan fingerprint density at radius 3 is 2.43 bits per heavy atom. The van der Waals surface area contributed by atoms with Gasteiger partial charge >= 0.3 is 63.3 Å². The number of aromatic carboxylic acids is 1. The normalized spacial score (nSPS) is 8.64. The van der Waals surface area contributed by atoms with E-state index in [2.05, 4.69) is 4.52 Å². The predicted molar refractivity (Wildman–Crippen MR) is 49.6 cm³/mol. The summed E-state index contributed by atoms with van der Waals surface area (Å²) in [6.45, 7) is 0. The van der Waals surface area contributed by atoms with E-state index < -0.39 is 11.9 Å². The molecule has 1 unspecified atom stereocenters. The molecule has 1 N–H and O–H groups in total. The van der Waals surface area contributed by atoms with Gasteiger partial charge in [0.2, 0.25) is 0 Å². The SMILES string of the molecule is O=C(O)c1cccc(C(=O)OP)c1.[H-].[K+]. The molecule has 0 fully saturated rings. The fourth-order valence-corrected chi connectivity index (χ4v) is 0.983. The van der Waals surface area contributed by atoms with Gasteiger partial charge in [0.25, 0.3) is 0 Å². The van der Waals surface area contributed by atoms with Crippen LogP contribution in [-0.4, -0.2) is 17.0 Å². The van der Waals surface area contributed by atoms with Crippen LogP contribution in [0.5, 0.6) is 0 Å². The maximum Gasteiger partial charge on any atom is 1.00 e. The molecule has 1 aromatic rings. The Morgan fingerprint density at radius 1 is 1.36 bits per heavy atom. The van der Waals surface area contributed by atoms with E-state index >= 15 is 0 Å². The maximum absolute atomic E-state index is 11.0. The average molecular weight is 238 g/mol. The summed E-state index contributed by atoms with van der Waals surface area (Å²) in [7, 11) is 1.81. The third kappa shape index (κ3) is 3.77. The Hall–Kier alpha value is 0.226. The van der Waals surface area contributed by atoms with Gasteiger partial charge in [-0.3, -0.25) is 0 Å². The fraction of sp³-hybridized carbons (Fsp3) is 0. The van der Waals surface area contributed by atoms with Crippen LogP contribution in [0.15, 0.2) is 24.3 Å². The van der Waals surface area contributed by atoms with Crippen molar-refractivity contribution in [3.63, 3.8) is 0 Å². The minimum Gasteiger partial charge on any atom is -1.00 e. The van der Waals surface area contributed by atoms with E-state index in [1.807, 2.05) is 9.47 Å². The fourth-order valence-electron chi connectivity index (χ4n) is 0.847. The summed E-state index contributed by atoms with van der Waals surface area (Å²) < 4.78 is 4.36. The Bertz CT molecular complexity index is 358. The van der Waals surface area contributed by atoms with Gasteiger partial charge in [0, 0.05) is 0 Å². The molecule has 14 heavy (non-hydrogen) atoms. The average Bonchev–Trinajstić information content (AvgIpc) is 2.17. The largest absolute Gasteiger partial charge is 1.00 e. The van der Waals surface area contributed by atoms with Crippen molar-refractivity contribution in [3.05, 3.63) is 35.4 Å². The standard InChI is InChI=1S/C8H7O4P.K.H/c9-7(10)5-2-1-3-6(4-5)8(11)12-13;;/h1-4H,13H2,(H,9,10);;/q;+1;-1. The molecular formula is C8H8KO4P. The molecule has 0 amide bonds. The van der Waals surface area contributed by atoms with E-state index in [-0.39, 0.29) is 63.9 Å². The molecule has 4 nitrogen and oxygen atoms in total. The maximum atomic E-state index is 11.0. The molecule has 0 aliphatic rings. The molecule has 0 heterocycles. The van der Waals surface area contributed by atoms with E-state index in [1.165, 1.54) is 24.3 Å². The number of rotatable bonds is 2. The minimum absolute atomic E-state index is 0. The van der Waals surface area contributed by atoms with E-state index in [4.69, 9.17) is 5.11 Å². The number of carbonyl (C=O) groups excluding carboxylic acids is 1. The number of hydrogen-bond donors (Lipinski definition) is 1. The zero-order chi connectivity index (χ0) is 9.84. The molecule has 0 spiro atoms. The van der Waals surface area contributed by atoms with E-state index in [0.717, 1.165) is 0 Å². The first-order chi connectivity index (χ1) is 6.15. The van der Waals surface area contributed by atoms with Crippen molar-refractivity contribution in [2.45, 2.75) is 0 Å². The zero-order valence-electron chi connectivity index (χ0n) is 8.56. The molecule has 0 saturated carbocycles. The summed E-state index contributed by atoms with van der Waals surface area (Å²) >= 11 is 0. The van der Waals surface area contributed by atoms with Gasteiger partial charge in [-0.2, -0.15) is 0 Å². The van der Waals surface area contributed by atoms with Crippen LogP contribution in [0.1, 0.15) is 22.1 Å². The van der Waals surface area contributed by atoms with Crippen LogP contribution in [0.2, 0.25) is 0 Å². The molecule has 0 aliphatic heterocycles. The van der Waals surface area contributed by atoms with Crippen molar-refractivity contribution in [2.75, 3.05) is 0 Å². The second-order valence-corrected chi connectivity index (χ2v) is 2.53. The summed E-state index contributed by atoms with van der Waals surface area (Å²) in [6, 6.07) is 5.63. The summed E-state index contributed by atoms with van der Waals surface area (Å²) in [5.74, 6) is -1.65. The van der Waals surface area contributed by atoms with E-state index in [1.54, 1.807) is 0 Å². The second kappa shape index (κ2) is 6.66. The van der Waals surface area contributed by atoms with E-state index in [0.29, 0.717) is 0 Å². The van der Waals surface area contributed by atoms with Gasteiger partial charge in [-0.05, 0) is 18.2 Å². The van der Waals surface area contributed by atoms with Crippen molar-refractivity contribution in [1.29, 1.82) is 0 Å². The van der Waals surface area contributed by atoms with Gasteiger partial charge < -0.3 is 11.1 Å². The second-order valence-electron chi connectivity index (χ2n) is 2.29. The number of carboxylic acids is 1. The van der Waals surface area contributed by atoms with Crippen LogP contribution >= 0.6 is 9.47 Å². The van der Waals surface area contributed by atoms with Crippen molar-refractivity contribution in [1.82, 2.24) is 0 Å². The minimum atomic E-state index is -1.07. The molecular weight excluding hydrogens is 230 g/mol. The van der Waals surface area contributed by atoms with Crippen LogP contribution in [0, 0.1) is 0 Å². The Morgan fingerprint density at radius 2 is 1.93 bits per heavy atom. The molecule has 0 radical (unpaired) electrons. The number of carbonyl (C=O) groups is 2. The molecule has 0 saturated heterocycles. The monoisotopic (exact) mass is 238 g/mol. The smallest absolute Gasteiger partial charge is 1.00 e. The van der Waals surface area contributed by atoms with Gasteiger partial charge in [-0.25, -0.2) is 9.59 Å². The van der Waals surface area contributed by atoms with Crippen molar-refractivity contribution in [3.8, 4) is 0 Å². The molecule has 70 valence electrons. The molecule has 0 aliphatic carbocycles. The molecule has 1 aromatic carbocycles. The van der Waals surface area contributed by atoms with Crippen molar-refractivity contribution < 1.29 is 72.0 Å². The quantitative estimate of drug-likeness (QED) is 0.500. The van der Waals surface area contributed by atoms with Crippen molar-refractivity contribution in [2.24, 2.45) is 0 Å². The Kier molecular flexibility index (Phi) is 6.77. The summed E-state index contributed by atoms with van der Waals surface area (Å²) in [5, 5.41) is 8.61. The topological polar surface area (TPSA) is 63.6 Å². The summed E-state index contributed by atoms with van der Waals surface area (Å²) in [4.78, 5) is 21.5. The van der Waals surface area contributed by atoms with Gasteiger partial charge in [-0.15, -0.1) is 0 Å². The van der Waals surface area contributed by atoms with Gasteiger partial charge in [0.15, 0.2) is 0 Å². The van der Waals surface area contributed by atoms with Crippen LogP contribution in [0.25, 0.3) is 0 Å². The Labute approximate surface area is 127 Å². The van der Waals surface area contributed by atoms with Crippen LogP contribution in [-0.2, 0) is 4.52 Å². The third-order valence-electron chi connectivity index (χ3n) is 1.45. The molecule has 0 aromatic heterocycles. The molecule has 1 rings (SSSR count). The van der Waals surface area contributed by atoms with Gasteiger partial charge in [-0.1, -0.05) is 6.07 Å². The molecule has 0 bridgehead atoms. The summed E-state index contributed by atoms with van der Waals surface area (Å²) in [6.07, 6.45) is 0. The zero-order valence-corrected chi connectivity index (χ0v) is 11.8. The number of hydrogen-bond acceptors (Lipinski definition) is 3. The third-order valence-corrected chi connectivity index (χ3v) is 1.67. The first-order valence-corrected chi connectivity index (χ1v) is 3.86. The van der Waals surface area contributed by atoms with Crippen LogP contribution in [0.3, 0.4) is 0 Å². The summed E-state index contributed by atoms with van der Waals surface area (Å²) in [5.41, 5.74) is 0.280. The van der Waals surface area contributed by atoms with Gasteiger partial charge in [0.1, 0.15) is 0 Å². The molecule has 6 heteroatoms. The number of benzene rings is 1. The predicted octanol–water partition coefficient (Wildman–Crippen LogP) is -1.55. The van der Waals surface area contributed by atoms with Crippen LogP contribution in [0.4, 0.5) is 0 Å². The Balaban J connectivity index is 0.